The molecule has 1 aliphatic rings. The van der Waals surface area contributed by atoms with Crippen molar-refractivity contribution < 1.29 is 88.5 Å². The molecule has 408 valence electrons. The Bertz CT molecular complexity index is 2210. The van der Waals surface area contributed by atoms with Gasteiger partial charge in [0.15, 0.2) is 0 Å². The van der Waals surface area contributed by atoms with E-state index in [1.165, 1.54) is 34.1 Å². The molecule has 0 saturated carbocycles. The second-order valence-corrected chi connectivity index (χ2v) is 17.1. The summed E-state index contributed by atoms with van der Waals surface area (Å²) < 4.78 is 0. The number of carboxylic acids is 5. The van der Waals surface area contributed by atoms with Gasteiger partial charge in [-0.1, -0.05) is 30.3 Å². The van der Waals surface area contributed by atoms with E-state index >= 15 is 0 Å². The summed E-state index contributed by atoms with van der Waals surface area (Å²) in [6.45, 7) is -1.99. The maximum atomic E-state index is 13.8. The summed E-state index contributed by atoms with van der Waals surface area (Å²) in [6, 6.07) is -1.71. The number of benzene rings is 1. The van der Waals surface area contributed by atoms with E-state index in [4.69, 9.17) is 0 Å². The lowest BCUT2D eigenvalue weighted by atomic mass is 10.0. The smallest absolute Gasteiger partial charge is 0.328 e. The van der Waals surface area contributed by atoms with Gasteiger partial charge in [0.05, 0.1) is 57.8 Å². The van der Waals surface area contributed by atoms with Gasteiger partial charge in [0.2, 0.25) is 35.4 Å². The number of carboxylic acid groups (broad SMARTS) is 5. The Balaban J connectivity index is 1.75. The van der Waals surface area contributed by atoms with Crippen LogP contribution in [0.3, 0.4) is 0 Å². The second kappa shape index (κ2) is 31.1. The van der Waals surface area contributed by atoms with Gasteiger partial charge in [-0.2, -0.15) is 0 Å². The molecule has 1 aliphatic heterocycles. The molecule has 2 heterocycles. The predicted molar refractivity (Wildman–Crippen MR) is 252 cm³/mol. The topological polar surface area (TPSA) is 443 Å². The summed E-state index contributed by atoms with van der Waals surface area (Å²) in [5.74, 6) is -12.8. The van der Waals surface area contributed by atoms with Crippen molar-refractivity contribution in [3.8, 4) is 0 Å². The molecule has 1 aromatic carbocycles. The van der Waals surface area contributed by atoms with Crippen LogP contribution in [0, 0.1) is 0 Å². The zero-order chi connectivity index (χ0) is 54.9. The van der Waals surface area contributed by atoms with Crippen LogP contribution in [0.1, 0.15) is 24.6 Å². The third kappa shape index (κ3) is 22.4. The highest BCUT2D eigenvalue weighted by atomic mass is 16.4. The fraction of sp³-hybridized carbons (Fsp3) is 0.545. The molecule has 30 heteroatoms. The van der Waals surface area contributed by atoms with Crippen LogP contribution in [0.15, 0.2) is 42.9 Å². The summed E-state index contributed by atoms with van der Waals surface area (Å²) >= 11 is 0. The molecule has 1 fully saturated rings. The number of aliphatic carboxylic acids is 5. The fourth-order valence-corrected chi connectivity index (χ4v) is 7.36. The van der Waals surface area contributed by atoms with Crippen LogP contribution in [-0.4, -0.2) is 259 Å². The number of aromatic nitrogens is 2. The van der Waals surface area contributed by atoms with Gasteiger partial charge in [-0.25, -0.2) is 9.78 Å². The van der Waals surface area contributed by atoms with Crippen LogP contribution >= 0.6 is 0 Å². The Labute approximate surface area is 422 Å². The normalized spacial score (nSPS) is 16.7. The summed E-state index contributed by atoms with van der Waals surface area (Å²) in [6.07, 6.45) is 1.15. The molecule has 14 N–H and O–H groups in total. The highest BCUT2D eigenvalue weighted by Gasteiger charge is 2.34. The molecule has 0 radical (unpaired) electrons. The van der Waals surface area contributed by atoms with Crippen LogP contribution in [0.2, 0.25) is 0 Å². The number of carbonyl (C=O) groups excluding carboxylic acids is 6. The first kappa shape index (κ1) is 60.7. The third-order valence-corrected chi connectivity index (χ3v) is 11.3. The van der Waals surface area contributed by atoms with Crippen LogP contribution in [0.25, 0.3) is 0 Å². The van der Waals surface area contributed by atoms with E-state index in [1.54, 1.807) is 35.2 Å². The monoisotopic (exact) mass is 1050 g/mol. The minimum absolute atomic E-state index is 0.0244. The molecule has 0 spiro atoms. The Morgan fingerprint density at radius 2 is 0.932 bits per heavy atom. The maximum absolute atomic E-state index is 13.8. The van der Waals surface area contributed by atoms with Gasteiger partial charge in [-0.3, -0.25) is 67.5 Å². The molecule has 6 atom stereocenters. The summed E-state index contributed by atoms with van der Waals surface area (Å²) in [5.41, 5.74) is 0.736. The van der Waals surface area contributed by atoms with E-state index in [0.717, 1.165) is 0 Å². The average Bonchev–Trinajstić information content (AvgIpc) is 3.85. The largest absolute Gasteiger partial charge is 0.481 e. The Morgan fingerprint density at radius 1 is 0.514 bits per heavy atom. The zero-order valence-electron chi connectivity index (χ0n) is 40.4. The van der Waals surface area contributed by atoms with Gasteiger partial charge in [0.1, 0.15) is 36.3 Å². The minimum atomic E-state index is -1.78. The molecule has 2 aromatic rings. The lowest BCUT2D eigenvalue weighted by Gasteiger charge is -2.33. The number of aromatic amines is 1. The van der Waals surface area contributed by atoms with Gasteiger partial charge >= 0.3 is 29.8 Å². The number of carbonyl (C=O) groups is 11. The van der Waals surface area contributed by atoms with E-state index in [1.807, 2.05) is 0 Å². The highest BCUT2D eigenvalue weighted by Crippen LogP contribution is 2.08. The van der Waals surface area contributed by atoms with Crippen LogP contribution in [-0.2, 0) is 65.6 Å². The Hall–Kier alpha value is -7.64. The standard InChI is InChI=1S/C44H64N12O18/c1-26(47-40(69)31(17-35(60)61)48-34(59)19-53-7-9-54(20-36(62)63)11-13-56(22-38(66)67)14-12-55(10-8-53)21-37(64)65)39(68)49-30(16-28-18-45-25-46-28)42(71)51-32(23-57)43(72)50-29(15-27-5-3-2-4-6-27)41(70)52-33(24-58)44(73)74/h2-6,18,25-26,29-33,57-58H,7-17,19-24H2,1H3,(H,45,46)(H,47,69)(H,48,59)(H,49,68)(H,50,72)(H,51,71)(H,52,70)(H,60,61)(H,62,63)(H,64,65)(H,66,67)(H,73,74)/t26-,29-,30-,31-,32-,33-/m0/s1. The number of hydrogen-bond donors (Lipinski definition) is 14. The molecular weight excluding hydrogens is 985 g/mol. The van der Waals surface area contributed by atoms with E-state index < -0.39 is 141 Å². The second-order valence-electron chi connectivity index (χ2n) is 17.1. The van der Waals surface area contributed by atoms with Crippen LogP contribution in [0.4, 0.5) is 0 Å². The van der Waals surface area contributed by atoms with Crippen molar-refractivity contribution in [3.05, 3.63) is 54.1 Å². The number of amides is 6. The number of imidazole rings is 1. The van der Waals surface area contributed by atoms with Crippen molar-refractivity contribution in [3.63, 3.8) is 0 Å². The minimum Gasteiger partial charge on any atom is -0.481 e. The van der Waals surface area contributed by atoms with Crippen LogP contribution < -0.4 is 31.9 Å². The van der Waals surface area contributed by atoms with Crippen molar-refractivity contribution in [2.24, 2.45) is 0 Å². The van der Waals surface area contributed by atoms with E-state index in [9.17, 15) is 88.5 Å². The summed E-state index contributed by atoms with van der Waals surface area (Å²) in [7, 11) is 0. The third-order valence-electron chi connectivity index (χ3n) is 11.3. The fourth-order valence-electron chi connectivity index (χ4n) is 7.36. The van der Waals surface area contributed by atoms with Crippen molar-refractivity contribution in [1.82, 2.24) is 61.5 Å². The molecule has 1 aromatic heterocycles. The first-order valence-corrected chi connectivity index (χ1v) is 23.1. The van der Waals surface area contributed by atoms with Crippen molar-refractivity contribution >= 4 is 65.3 Å². The summed E-state index contributed by atoms with van der Waals surface area (Å²) in [5, 5.41) is 81.0. The van der Waals surface area contributed by atoms with E-state index in [0.29, 0.717) is 5.56 Å². The zero-order valence-corrected chi connectivity index (χ0v) is 40.4. The maximum Gasteiger partial charge on any atom is 0.328 e. The number of H-pyrrole nitrogens is 1. The highest BCUT2D eigenvalue weighted by molar-refractivity contribution is 5.97. The Morgan fingerprint density at radius 3 is 1.36 bits per heavy atom. The molecule has 0 unspecified atom stereocenters. The first-order chi connectivity index (χ1) is 35.1. The SMILES string of the molecule is C[C@H](NC(=O)[C@H](CC(=O)O)NC(=O)CN1CCN(CC(=O)O)CCN(CC(=O)O)CCN(CC(=O)O)CC1)C(=O)N[C@@H](Cc1c[nH]cn1)C(=O)N[C@@H](CO)C(=O)N[C@@H](Cc1ccccc1)C(=O)N[C@@H](CO)C(=O)O. The van der Waals surface area contributed by atoms with Gasteiger partial charge in [-0.15, -0.1) is 0 Å². The summed E-state index contributed by atoms with van der Waals surface area (Å²) in [4.78, 5) is 152. The van der Waals surface area contributed by atoms with Gasteiger partial charge in [0, 0.05) is 71.4 Å². The number of hydrogen-bond acceptors (Lipinski definition) is 18. The first-order valence-electron chi connectivity index (χ1n) is 23.1. The molecule has 30 nitrogen and oxygen atoms in total. The molecular formula is C44H64N12O18. The van der Waals surface area contributed by atoms with Crippen molar-refractivity contribution in [2.75, 3.05) is 91.8 Å². The van der Waals surface area contributed by atoms with E-state index in [2.05, 4.69) is 41.9 Å². The lowest BCUT2D eigenvalue weighted by molar-refractivity contribution is -0.143. The number of nitrogens with one attached hydrogen (secondary N) is 7. The van der Waals surface area contributed by atoms with Gasteiger partial charge in [0.25, 0.3) is 0 Å². The Kier molecular flexibility index (Phi) is 25.5. The van der Waals surface area contributed by atoms with Crippen molar-refractivity contribution in [1.29, 1.82) is 0 Å². The average molecular weight is 1050 g/mol. The number of aliphatic hydroxyl groups excluding tert-OH is 2. The molecule has 6 amide bonds. The molecule has 3 rings (SSSR count). The lowest BCUT2D eigenvalue weighted by Crippen LogP contribution is -2.60. The molecule has 0 aliphatic carbocycles. The number of nitrogens with zero attached hydrogens (tertiary/aromatic N) is 5. The van der Waals surface area contributed by atoms with Crippen molar-refractivity contribution in [2.45, 2.75) is 62.4 Å². The van der Waals surface area contributed by atoms with Gasteiger partial charge in [-0.05, 0) is 12.5 Å². The molecule has 74 heavy (non-hydrogen) atoms. The molecule has 1 saturated heterocycles. The quantitative estimate of drug-likeness (QED) is 0.0377. The number of aliphatic hydroxyl groups is 2. The number of rotatable bonds is 28. The predicted octanol–water partition coefficient (Wildman–Crippen LogP) is -6.86. The van der Waals surface area contributed by atoms with Gasteiger partial charge < -0.3 is 72.6 Å². The molecule has 0 bridgehead atoms. The van der Waals surface area contributed by atoms with E-state index in [-0.39, 0.29) is 77.4 Å². The van der Waals surface area contributed by atoms with Crippen LogP contribution in [0.5, 0.6) is 0 Å².